The lowest BCUT2D eigenvalue weighted by Crippen LogP contribution is -2.29. The van der Waals surface area contributed by atoms with E-state index in [1.165, 1.54) is 54.4 Å². The number of rotatable bonds is 5. The molecule has 1 heterocycles. The summed E-state index contributed by atoms with van der Waals surface area (Å²) in [5.74, 6) is 0. The lowest BCUT2D eigenvalue weighted by atomic mass is 10.1. The van der Waals surface area contributed by atoms with Gasteiger partial charge in [-0.25, -0.2) is 0 Å². The first-order valence-corrected chi connectivity index (χ1v) is 8.53. The van der Waals surface area contributed by atoms with Crippen LogP contribution in [0.1, 0.15) is 63.8 Å². The van der Waals surface area contributed by atoms with Crippen LogP contribution in [-0.2, 0) is 19.5 Å². The molecule has 0 unspecified atom stereocenters. The van der Waals surface area contributed by atoms with Gasteiger partial charge in [0.05, 0.1) is 15.9 Å². The Morgan fingerprint density at radius 2 is 1.89 bits per heavy atom. The number of halogens is 1. The van der Waals surface area contributed by atoms with Gasteiger partial charge >= 0.3 is 0 Å². The summed E-state index contributed by atoms with van der Waals surface area (Å²) >= 11 is 3.72. The highest BCUT2D eigenvalue weighted by molar-refractivity contribution is 9.10. The van der Waals surface area contributed by atoms with Gasteiger partial charge in [0.1, 0.15) is 0 Å². The van der Waals surface area contributed by atoms with Gasteiger partial charge in [-0.2, -0.15) is 5.10 Å². The summed E-state index contributed by atoms with van der Waals surface area (Å²) in [5, 5.41) is 8.40. The number of nitrogens with zero attached hydrogens (tertiary/aromatic N) is 2. The standard InChI is InChI=1S/C15H26BrN3/c1-3-13-15(16)14(19(4-2)18-13)11-17-12-9-7-5-6-8-10-12/h12,17H,3-11H2,1-2H3. The van der Waals surface area contributed by atoms with E-state index in [0.29, 0.717) is 6.04 Å². The Bertz CT molecular complexity index is 392. The van der Waals surface area contributed by atoms with Gasteiger partial charge in [0.25, 0.3) is 0 Å². The monoisotopic (exact) mass is 327 g/mol. The lowest BCUT2D eigenvalue weighted by molar-refractivity contribution is 0.445. The van der Waals surface area contributed by atoms with Crippen molar-refractivity contribution in [3.8, 4) is 0 Å². The zero-order chi connectivity index (χ0) is 13.7. The molecule has 0 aromatic carbocycles. The van der Waals surface area contributed by atoms with Crippen molar-refractivity contribution in [2.24, 2.45) is 0 Å². The molecule has 19 heavy (non-hydrogen) atoms. The van der Waals surface area contributed by atoms with Gasteiger partial charge in [-0.05, 0) is 42.1 Å². The SMILES string of the molecule is CCc1nn(CC)c(CNC2CCCCCC2)c1Br. The molecule has 4 heteroatoms. The van der Waals surface area contributed by atoms with E-state index in [2.05, 4.69) is 44.9 Å². The predicted molar refractivity (Wildman–Crippen MR) is 83.3 cm³/mol. The molecular formula is C15H26BrN3. The average Bonchev–Trinajstić information content (AvgIpc) is 2.60. The molecule has 0 bridgehead atoms. The molecule has 0 spiro atoms. The van der Waals surface area contributed by atoms with Gasteiger partial charge in [-0.3, -0.25) is 4.68 Å². The maximum Gasteiger partial charge on any atom is 0.0767 e. The Morgan fingerprint density at radius 1 is 1.21 bits per heavy atom. The van der Waals surface area contributed by atoms with Crippen LogP contribution in [0.25, 0.3) is 0 Å². The normalized spacial score (nSPS) is 17.6. The third kappa shape index (κ3) is 3.82. The molecule has 2 rings (SSSR count). The summed E-state index contributed by atoms with van der Waals surface area (Å²) in [5.41, 5.74) is 2.49. The van der Waals surface area contributed by atoms with Crippen molar-refractivity contribution >= 4 is 15.9 Å². The molecule has 1 fully saturated rings. The first-order chi connectivity index (χ1) is 9.26. The van der Waals surface area contributed by atoms with E-state index in [-0.39, 0.29) is 0 Å². The fourth-order valence-electron chi connectivity index (χ4n) is 2.91. The quantitative estimate of drug-likeness (QED) is 0.827. The van der Waals surface area contributed by atoms with Crippen LogP contribution in [0.4, 0.5) is 0 Å². The number of aryl methyl sites for hydroxylation is 2. The van der Waals surface area contributed by atoms with E-state index in [0.717, 1.165) is 19.5 Å². The molecule has 3 nitrogen and oxygen atoms in total. The predicted octanol–water partition coefficient (Wildman–Crippen LogP) is 4.04. The average molecular weight is 328 g/mol. The summed E-state index contributed by atoms with van der Waals surface area (Å²) in [4.78, 5) is 0. The van der Waals surface area contributed by atoms with Gasteiger partial charge in [0.15, 0.2) is 0 Å². The molecule has 1 N–H and O–H groups in total. The molecule has 1 aromatic rings. The summed E-state index contributed by atoms with van der Waals surface area (Å²) in [7, 11) is 0. The van der Waals surface area contributed by atoms with Crippen molar-refractivity contribution in [2.45, 2.75) is 77.9 Å². The molecule has 1 aliphatic carbocycles. The second kappa shape index (κ2) is 7.44. The van der Waals surface area contributed by atoms with E-state index in [9.17, 15) is 0 Å². The zero-order valence-corrected chi connectivity index (χ0v) is 13.8. The minimum absolute atomic E-state index is 0.694. The van der Waals surface area contributed by atoms with E-state index in [1.54, 1.807) is 0 Å². The van der Waals surface area contributed by atoms with Crippen molar-refractivity contribution < 1.29 is 0 Å². The second-order valence-corrected chi connectivity index (χ2v) is 6.24. The number of hydrogen-bond donors (Lipinski definition) is 1. The Morgan fingerprint density at radius 3 is 2.47 bits per heavy atom. The van der Waals surface area contributed by atoms with Crippen LogP contribution >= 0.6 is 15.9 Å². The van der Waals surface area contributed by atoms with E-state index >= 15 is 0 Å². The fraction of sp³-hybridized carbons (Fsp3) is 0.800. The smallest absolute Gasteiger partial charge is 0.0767 e. The van der Waals surface area contributed by atoms with Gasteiger partial charge < -0.3 is 5.32 Å². The molecule has 0 radical (unpaired) electrons. The maximum absolute atomic E-state index is 4.66. The van der Waals surface area contributed by atoms with Crippen LogP contribution in [0.3, 0.4) is 0 Å². The van der Waals surface area contributed by atoms with Gasteiger partial charge in [0.2, 0.25) is 0 Å². The topological polar surface area (TPSA) is 29.9 Å². The van der Waals surface area contributed by atoms with E-state index in [1.807, 2.05) is 0 Å². The molecule has 1 aliphatic rings. The van der Waals surface area contributed by atoms with Crippen LogP contribution in [0.15, 0.2) is 4.47 Å². The van der Waals surface area contributed by atoms with Crippen molar-refractivity contribution in [3.05, 3.63) is 15.9 Å². The Hall–Kier alpha value is -0.350. The van der Waals surface area contributed by atoms with Crippen LogP contribution in [-0.4, -0.2) is 15.8 Å². The van der Waals surface area contributed by atoms with Crippen molar-refractivity contribution in [1.82, 2.24) is 15.1 Å². The van der Waals surface area contributed by atoms with Crippen LogP contribution < -0.4 is 5.32 Å². The van der Waals surface area contributed by atoms with Crippen molar-refractivity contribution in [3.63, 3.8) is 0 Å². The summed E-state index contributed by atoms with van der Waals surface area (Å²) < 4.78 is 3.34. The van der Waals surface area contributed by atoms with Crippen LogP contribution in [0.2, 0.25) is 0 Å². The largest absolute Gasteiger partial charge is 0.308 e. The third-order valence-electron chi connectivity index (χ3n) is 4.11. The maximum atomic E-state index is 4.66. The Balaban J connectivity index is 1.99. The molecule has 1 aromatic heterocycles. The van der Waals surface area contributed by atoms with Crippen LogP contribution in [0.5, 0.6) is 0 Å². The lowest BCUT2D eigenvalue weighted by Gasteiger charge is -2.16. The fourth-order valence-corrected chi connectivity index (χ4v) is 3.62. The van der Waals surface area contributed by atoms with E-state index < -0.39 is 0 Å². The minimum Gasteiger partial charge on any atom is -0.308 e. The molecule has 0 amide bonds. The highest BCUT2D eigenvalue weighted by Crippen LogP contribution is 2.23. The highest BCUT2D eigenvalue weighted by Gasteiger charge is 2.16. The molecule has 1 saturated carbocycles. The number of hydrogen-bond acceptors (Lipinski definition) is 2. The van der Waals surface area contributed by atoms with Gasteiger partial charge in [-0.15, -0.1) is 0 Å². The first-order valence-electron chi connectivity index (χ1n) is 7.73. The molecule has 108 valence electrons. The Labute approximate surface area is 125 Å². The first kappa shape index (κ1) is 15.0. The number of nitrogens with one attached hydrogen (secondary N) is 1. The molecule has 0 saturated heterocycles. The van der Waals surface area contributed by atoms with Crippen molar-refractivity contribution in [2.75, 3.05) is 0 Å². The third-order valence-corrected chi connectivity index (χ3v) is 5.02. The summed E-state index contributed by atoms with van der Waals surface area (Å²) in [6.07, 6.45) is 9.24. The molecule has 0 aliphatic heterocycles. The van der Waals surface area contributed by atoms with Gasteiger partial charge in [-0.1, -0.05) is 32.6 Å². The minimum atomic E-state index is 0.694. The summed E-state index contributed by atoms with van der Waals surface area (Å²) in [6.45, 7) is 6.20. The molecule has 0 atom stereocenters. The molecular weight excluding hydrogens is 302 g/mol. The van der Waals surface area contributed by atoms with Gasteiger partial charge in [0, 0.05) is 19.1 Å². The highest BCUT2D eigenvalue weighted by atomic mass is 79.9. The summed E-state index contributed by atoms with van der Waals surface area (Å²) in [6, 6.07) is 0.694. The van der Waals surface area contributed by atoms with E-state index in [4.69, 9.17) is 0 Å². The zero-order valence-electron chi connectivity index (χ0n) is 12.2. The number of aromatic nitrogens is 2. The Kier molecular flexibility index (Phi) is 5.89. The second-order valence-electron chi connectivity index (χ2n) is 5.45. The van der Waals surface area contributed by atoms with Crippen LogP contribution in [0, 0.1) is 0 Å². The van der Waals surface area contributed by atoms with Crippen molar-refractivity contribution in [1.29, 1.82) is 0 Å².